The molecule has 1 unspecified atom stereocenters. The fraction of sp³-hybridized carbons (Fsp3) is 0.647. The summed E-state index contributed by atoms with van der Waals surface area (Å²) in [5.74, 6) is 0. The zero-order chi connectivity index (χ0) is 14.4. The van der Waals surface area contributed by atoms with E-state index < -0.39 is 0 Å². The Morgan fingerprint density at radius 1 is 1.21 bits per heavy atom. The lowest BCUT2D eigenvalue weighted by Crippen LogP contribution is -2.29. The second kappa shape index (κ2) is 7.54. The number of nitrogens with one attached hydrogen (secondary N) is 1. The van der Waals surface area contributed by atoms with Gasteiger partial charge in [-0.1, -0.05) is 39.3 Å². The van der Waals surface area contributed by atoms with Crippen LogP contribution in [0, 0.1) is 6.92 Å². The summed E-state index contributed by atoms with van der Waals surface area (Å²) < 4.78 is 0. The second-order valence-electron chi connectivity index (χ2n) is 5.91. The molecular weight excluding hydrogens is 232 g/mol. The molecule has 1 atom stereocenters. The number of hydrogen-bond acceptors (Lipinski definition) is 2. The average molecular weight is 262 g/mol. The molecule has 2 nitrogen and oxygen atoms in total. The monoisotopic (exact) mass is 262 g/mol. The summed E-state index contributed by atoms with van der Waals surface area (Å²) in [6.07, 6.45) is 2.48. The Balaban J connectivity index is 2.76. The molecule has 2 heteroatoms. The van der Waals surface area contributed by atoms with Crippen molar-refractivity contribution < 1.29 is 0 Å². The van der Waals surface area contributed by atoms with Crippen LogP contribution in [-0.2, 0) is 6.54 Å². The number of rotatable bonds is 7. The van der Waals surface area contributed by atoms with Crippen LogP contribution >= 0.6 is 0 Å². The third-order valence-electron chi connectivity index (χ3n) is 3.72. The molecule has 108 valence electrons. The van der Waals surface area contributed by atoms with E-state index >= 15 is 0 Å². The summed E-state index contributed by atoms with van der Waals surface area (Å²) in [6, 6.07) is 7.95. The van der Waals surface area contributed by atoms with Gasteiger partial charge in [0.2, 0.25) is 0 Å². The molecule has 0 heterocycles. The van der Waals surface area contributed by atoms with Crippen molar-refractivity contribution in [2.24, 2.45) is 0 Å². The summed E-state index contributed by atoms with van der Waals surface area (Å²) >= 11 is 0. The van der Waals surface area contributed by atoms with Crippen molar-refractivity contribution in [2.45, 2.75) is 66.1 Å². The van der Waals surface area contributed by atoms with Crippen LogP contribution in [0.2, 0.25) is 0 Å². The Morgan fingerprint density at radius 3 is 2.42 bits per heavy atom. The zero-order valence-corrected chi connectivity index (χ0v) is 13.5. The molecule has 0 aliphatic rings. The lowest BCUT2D eigenvalue weighted by atomic mass is 10.1. The van der Waals surface area contributed by atoms with Crippen LogP contribution in [0.15, 0.2) is 18.2 Å². The van der Waals surface area contributed by atoms with Crippen molar-refractivity contribution in [1.82, 2.24) is 5.32 Å². The van der Waals surface area contributed by atoms with Gasteiger partial charge >= 0.3 is 0 Å². The smallest absolute Gasteiger partial charge is 0.0395 e. The van der Waals surface area contributed by atoms with Crippen LogP contribution in [0.4, 0.5) is 5.69 Å². The Kier molecular flexibility index (Phi) is 6.36. The summed E-state index contributed by atoms with van der Waals surface area (Å²) in [5, 5.41) is 3.47. The Morgan fingerprint density at radius 2 is 1.89 bits per heavy atom. The lowest BCUT2D eigenvalue weighted by molar-refractivity contribution is 0.588. The fourth-order valence-electron chi connectivity index (χ4n) is 2.39. The van der Waals surface area contributed by atoms with Gasteiger partial charge in [0.15, 0.2) is 0 Å². The largest absolute Gasteiger partial charge is 0.372 e. The van der Waals surface area contributed by atoms with Gasteiger partial charge in [-0.2, -0.15) is 0 Å². The number of nitrogens with zero attached hydrogens (tertiary/aromatic N) is 1. The maximum absolute atomic E-state index is 3.47. The SMILES string of the molecule is CCCC(C)N(C)c1ccc(CNC(C)C)cc1C. The molecule has 0 amide bonds. The van der Waals surface area contributed by atoms with Crippen molar-refractivity contribution in [1.29, 1.82) is 0 Å². The molecule has 0 fully saturated rings. The Hall–Kier alpha value is -1.02. The highest BCUT2D eigenvalue weighted by Crippen LogP contribution is 2.23. The van der Waals surface area contributed by atoms with Crippen LogP contribution in [0.3, 0.4) is 0 Å². The van der Waals surface area contributed by atoms with Gasteiger partial charge in [0.05, 0.1) is 0 Å². The first-order valence-corrected chi connectivity index (χ1v) is 7.51. The van der Waals surface area contributed by atoms with E-state index in [9.17, 15) is 0 Å². The van der Waals surface area contributed by atoms with Gasteiger partial charge < -0.3 is 10.2 Å². The zero-order valence-electron chi connectivity index (χ0n) is 13.5. The first-order valence-electron chi connectivity index (χ1n) is 7.51. The highest BCUT2D eigenvalue weighted by atomic mass is 15.1. The van der Waals surface area contributed by atoms with Crippen LogP contribution in [0.25, 0.3) is 0 Å². The van der Waals surface area contributed by atoms with E-state index in [0.29, 0.717) is 12.1 Å². The molecule has 0 aliphatic carbocycles. The van der Waals surface area contributed by atoms with E-state index in [4.69, 9.17) is 0 Å². The third kappa shape index (κ3) is 4.87. The van der Waals surface area contributed by atoms with Crippen molar-refractivity contribution in [3.05, 3.63) is 29.3 Å². The molecule has 1 aromatic carbocycles. The molecule has 0 aliphatic heterocycles. The normalized spacial score (nSPS) is 12.8. The minimum absolute atomic E-state index is 0.534. The van der Waals surface area contributed by atoms with Gasteiger partial charge in [0.25, 0.3) is 0 Å². The van der Waals surface area contributed by atoms with Gasteiger partial charge in [-0.15, -0.1) is 0 Å². The molecular formula is C17H30N2. The van der Waals surface area contributed by atoms with Crippen LogP contribution in [0.5, 0.6) is 0 Å². The van der Waals surface area contributed by atoms with Crippen LogP contribution < -0.4 is 10.2 Å². The fourth-order valence-corrected chi connectivity index (χ4v) is 2.39. The minimum atomic E-state index is 0.534. The maximum Gasteiger partial charge on any atom is 0.0395 e. The molecule has 0 saturated heterocycles. The topological polar surface area (TPSA) is 15.3 Å². The van der Waals surface area contributed by atoms with Crippen LogP contribution in [-0.4, -0.2) is 19.1 Å². The molecule has 0 spiro atoms. The van der Waals surface area contributed by atoms with Gasteiger partial charge in [0.1, 0.15) is 0 Å². The van der Waals surface area contributed by atoms with Crippen molar-refractivity contribution in [3.63, 3.8) is 0 Å². The predicted molar refractivity (Wildman–Crippen MR) is 85.9 cm³/mol. The molecule has 1 rings (SSSR count). The lowest BCUT2D eigenvalue weighted by Gasteiger charge is -2.28. The predicted octanol–water partition coefficient (Wildman–Crippen LogP) is 4.12. The van der Waals surface area contributed by atoms with Crippen molar-refractivity contribution >= 4 is 5.69 Å². The number of aryl methyl sites for hydroxylation is 1. The highest BCUT2D eigenvalue weighted by Gasteiger charge is 2.11. The molecule has 0 aromatic heterocycles. The van der Waals surface area contributed by atoms with E-state index in [1.54, 1.807) is 0 Å². The molecule has 19 heavy (non-hydrogen) atoms. The molecule has 0 saturated carbocycles. The van der Waals surface area contributed by atoms with Gasteiger partial charge in [-0.05, 0) is 37.5 Å². The van der Waals surface area contributed by atoms with E-state index in [2.05, 4.69) is 70.1 Å². The summed E-state index contributed by atoms with van der Waals surface area (Å²) in [5.41, 5.74) is 4.09. The van der Waals surface area contributed by atoms with Gasteiger partial charge in [-0.3, -0.25) is 0 Å². The quantitative estimate of drug-likeness (QED) is 0.795. The van der Waals surface area contributed by atoms with Crippen LogP contribution in [0.1, 0.15) is 51.7 Å². The third-order valence-corrected chi connectivity index (χ3v) is 3.72. The van der Waals surface area contributed by atoms with E-state index in [1.807, 2.05) is 0 Å². The summed E-state index contributed by atoms with van der Waals surface area (Å²) in [4.78, 5) is 2.40. The second-order valence-corrected chi connectivity index (χ2v) is 5.91. The first-order chi connectivity index (χ1) is 8.95. The molecule has 0 radical (unpaired) electrons. The highest BCUT2D eigenvalue weighted by molar-refractivity contribution is 5.54. The average Bonchev–Trinajstić information content (AvgIpc) is 2.36. The standard InChI is InChI=1S/C17H30N2/c1-7-8-15(5)19(6)17-10-9-16(11-14(17)4)12-18-13(2)3/h9-11,13,15,18H,7-8,12H2,1-6H3. The summed E-state index contributed by atoms with van der Waals surface area (Å²) in [6.45, 7) is 12.1. The van der Waals surface area contributed by atoms with Gasteiger partial charge in [0, 0.05) is 31.4 Å². The molecule has 1 aromatic rings. The maximum atomic E-state index is 3.47. The van der Waals surface area contributed by atoms with Gasteiger partial charge in [-0.25, -0.2) is 0 Å². The van der Waals surface area contributed by atoms with Crippen molar-refractivity contribution in [2.75, 3.05) is 11.9 Å². The Labute approximate surface area is 119 Å². The Bertz CT molecular complexity index is 385. The number of benzene rings is 1. The van der Waals surface area contributed by atoms with Crippen molar-refractivity contribution in [3.8, 4) is 0 Å². The van der Waals surface area contributed by atoms with E-state index in [0.717, 1.165) is 6.54 Å². The van der Waals surface area contributed by atoms with E-state index in [1.165, 1.54) is 29.7 Å². The molecule has 0 bridgehead atoms. The summed E-state index contributed by atoms with van der Waals surface area (Å²) in [7, 11) is 2.20. The number of anilines is 1. The minimum Gasteiger partial charge on any atom is -0.372 e. The first kappa shape index (κ1) is 16.0. The molecule has 1 N–H and O–H groups in total. The van der Waals surface area contributed by atoms with E-state index in [-0.39, 0.29) is 0 Å². The number of hydrogen-bond donors (Lipinski definition) is 1.